The predicted molar refractivity (Wildman–Crippen MR) is 57.8 cm³/mol. The smallest absolute Gasteiger partial charge is 0.335 e. The molecular weight excluding hydrogens is 208 g/mol. The molecule has 0 aromatic carbocycles. The maximum atomic E-state index is 11.3. The van der Waals surface area contributed by atoms with Crippen molar-refractivity contribution >= 4 is 5.97 Å². The fourth-order valence-corrected chi connectivity index (χ4v) is 2.13. The maximum Gasteiger partial charge on any atom is 0.335 e. The summed E-state index contributed by atoms with van der Waals surface area (Å²) in [5.41, 5.74) is 0.384. The molecular formula is C12H18O4. The Labute approximate surface area is 95.6 Å². The van der Waals surface area contributed by atoms with Crippen LogP contribution in [0.1, 0.15) is 32.6 Å². The van der Waals surface area contributed by atoms with Crippen LogP contribution in [0, 0.1) is 0 Å². The number of rotatable bonds is 2. The van der Waals surface area contributed by atoms with Gasteiger partial charge in [0.05, 0.1) is 12.2 Å². The largest absolute Gasteiger partial charge is 0.430 e. The Bertz CT molecular complexity index is 287. The van der Waals surface area contributed by atoms with Crippen molar-refractivity contribution in [3.63, 3.8) is 0 Å². The van der Waals surface area contributed by atoms with Gasteiger partial charge in [-0.2, -0.15) is 0 Å². The monoisotopic (exact) mass is 226 g/mol. The van der Waals surface area contributed by atoms with Crippen LogP contribution in [0.25, 0.3) is 0 Å². The highest BCUT2D eigenvalue weighted by Gasteiger charge is 2.35. The van der Waals surface area contributed by atoms with Crippen molar-refractivity contribution in [3.05, 3.63) is 12.2 Å². The lowest BCUT2D eigenvalue weighted by molar-refractivity contribution is -0.264. The van der Waals surface area contributed by atoms with Gasteiger partial charge in [0.15, 0.2) is 0 Å². The van der Waals surface area contributed by atoms with Crippen molar-refractivity contribution in [2.45, 2.75) is 51.1 Å². The summed E-state index contributed by atoms with van der Waals surface area (Å²) in [7, 11) is 0. The summed E-state index contributed by atoms with van der Waals surface area (Å²) in [4.78, 5) is 11.3. The quantitative estimate of drug-likeness (QED) is 0.532. The molecule has 0 aromatic rings. The lowest BCUT2D eigenvalue weighted by Gasteiger charge is -2.38. The number of carbonyl (C=O) groups is 1. The average Bonchev–Trinajstić information content (AvgIpc) is 2.28. The van der Waals surface area contributed by atoms with E-state index in [4.69, 9.17) is 14.2 Å². The van der Waals surface area contributed by atoms with Gasteiger partial charge in [-0.25, -0.2) is 4.79 Å². The van der Waals surface area contributed by atoms with Crippen molar-refractivity contribution in [2.75, 3.05) is 6.61 Å². The minimum Gasteiger partial charge on any atom is -0.430 e. The van der Waals surface area contributed by atoms with E-state index in [0.29, 0.717) is 12.2 Å². The van der Waals surface area contributed by atoms with E-state index >= 15 is 0 Å². The van der Waals surface area contributed by atoms with E-state index in [1.807, 2.05) is 0 Å². The summed E-state index contributed by atoms with van der Waals surface area (Å²) >= 11 is 0. The third-order valence-corrected chi connectivity index (χ3v) is 3.00. The summed E-state index contributed by atoms with van der Waals surface area (Å²) in [6, 6.07) is 0. The Kier molecular flexibility index (Phi) is 3.61. The zero-order valence-corrected chi connectivity index (χ0v) is 9.61. The maximum absolute atomic E-state index is 11.3. The second-order valence-corrected chi connectivity index (χ2v) is 4.45. The molecule has 3 atom stereocenters. The molecule has 0 amide bonds. The summed E-state index contributed by atoms with van der Waals surface area (Å²) in [6.07, 6.45) is 4.10. The number of hydrogen-bond acceptors (Lipinski definition) is 4. The first-order valence-corrected chi connectivity index (χ1v) is 5.80. The first-order valence-electron chi connectivity index (χ1n) is 5.80. The fourth-order valence-electron chi connectivity index (χ4n) is 2.13. The van der Waals surface area contributed by atoms with Gasteiger partial charge in [-0.1, -0.05) is 19.4 Å². The highest BCUT2D eigenvalue weighted by atomic mass is 16.7. The zero-order chi connectivity index (χ0) is 11.5. The van der Waals surface area contributed by atoms with Gasteiger partial charge in [0.2, 0.25) is 6.29 Å². The first kappa shape index (κ1) is 11.6. The third-order valence-electron chi connectivity index (χ3n) is 3.00. The van der Waals surface area contributed by atoms with Crippen LogP contribution >= 0.6 is 0 Å². The molecule has 0 spiro atoms. The Balaban J connectivity index is 1.85. The molecule has 4 heteroatoms. The number of carbonyl (C=O) groups excluding carboxylic acids is 1. The molecule has 4 nitrogen and oxygen atoms in total. The van der Waals surface area contributed by atoms with Crippen LogP contribution in [0.5, 0.6) is 0 Å². The van der Waals surface area contributed by atoms with Gasteiger partial charge in [0.1, 0.15) is 6.61 Å². The third kappa shape index (κ3) is 2.62. The molecule has 0 bridgehead atoms. The standard InChI is InChI=1S/C12H18O4/c1-8(2)12(13)16-11-7-14-9-5-3-4-6-10(9)15-11/h9-11H,1,3-7H2,2H3. The summed E-state index contributed by atoms with van der Waals surface area (Å²) < 4.78 is 16.5. The average molecular weight is 226 g/mol. The summed E-state index contributed by atoms with van der Waals surface area (Å²) in [6.45, 7) is 5.49. The molecule has 1 aliphatic carbocycles. The zero-order valence-electron chi connectivity index (χ0n) is 9.61. The lowest BCUT2D eigenvalue weighted by Crippen LogP contribution is -2.46. The van der Waals surface area contributed by atoms with Crippen molar-refractivity contribution in [2.24, 2.45) is 0 Å². The molecule has 3 unspecified atom stereocenters. The molecule has 16 heavy (non-hydrogen) atoms. The molecule has 1 heterocycles. The van der Waals surface area contributed by atoms with E-state index in [2.05, 4.69) is 6.58 Å². The van der Waals surface area contributed by atoms with Gasteiger partial charge in [0.25, 0.3) is 0 Å². The molecule has 0 aromatic heterocycles. The minimum atomic E-state index is -0.566. The van der Waals surface area contributed by atoms with Crippen LogP contribution in [0.4, 0.5) is 0 Å². The lowest BCUT2D eigenvalue weighted by atomic mass is 9.94. The van der Waals surface area contributed by atoms with Gasteiger partial charge in [-0.05, 0) is 19.8 Å². The van der Waals surface area contributed by atoms with Crippen LogP contribution in [-0.2, 0) is 19.0 Å². The van der Waals surface area contributed by atoms with Crippen LogP contribution in [0.3, 0.4) is 0 Å². The van der Waals surface area contributed by atoms with Crippen molar-refractivity contribution in [3.8, 4) is 0 Å². The molecule has 2 rings (SSSR count). The Morgan fingerprint density at radius 2 is 2.00 bits per heavy atom. The molecule has 90 valence electrons. The number of hydrogen-bond donors (Lipinski definition) is 0. The van der Waals surface area contributed by atoms with E-state index < -0.39 is 12.3 Å². The fraction of sp³-hybridized carbons (Fsp3) is 0.750. The highest BCUT2D eigenvalue weighted by Crippen LogP contribution is 2.28. The van der Waals surface area contributed by atoms with Crippen molar-refractivity contribution in [1.29, 1.82) is 0 Å². The predicted octanol–water partition coefficient (Wildman–Crippen LogP) is 1.79. The molecule has 0 N–H and O–H groups in total. The van der Waals surface area contributed by atoms with E-state index in [-0.39, 0.29) is 12.2 Å². The van der Waals surface area contributed by atoms with Gasteiger partial charge in [0, 0.05) is 5.57 Å². The molecule has 1 saturated heterocycles. The second kappa shape index (κ2) is 4.97. The van der Waals surface area contributed by atoms with Crippen molar-refractivity contribution < 1.29 is 19.0 Å². The van der Waals surface area contributed by atoms with Crippen LogP contribution in [-0.4, -0.2) is 31.1 Å². The highest BCUT2D eigenvalue weighted by molar-refractivity contribution is 5.87. The molecule has 2 aliphatic rings. The number of fused-ring (bicyclic) bond motifs is 1. The van der Waals surface area contributed by atoms with Gasteiger partial charge < -0.3 is 14.2 Å². The number of ether oxygens (including phenoxy) is 3. The Morgan fingerprint density at radius 1 is 1.31 bits per heavy atom. The minimum absolute atomic E-state index is 0.0884. The van der Waals surface area contributed by atoms with E-state index in [0.717, 1.165) is 19.3 Å². The SMILES string of the molecule is C=C(C)C(=O)OC1COC2CCCCC2O1. The van der Waals surface area contributed by atoms with E-state index in [1.165, 1.54) is 6.42 Å². The molecule has 1 saturated carbocycles. The Morgan fingerprint density at radius 3 is 2.69 bits per heavy atom. The second-order valence-electron chi connectivity index (χ2n) is 4.45. The normalized spacial score (nSPS) is 33.9. The van der Waals surface area contributed by atoms with E-state index in [9.17, 15) is 4.79 Å². The van der Waals surface area contributed by atoms with E-state index in [1.54, 1.807) is 6.92 Å². The first-order chi connectivity index (χ1) is 7.66. The van der Waals surface area contributed by atoms with Crippen LogP contribution in [0.2, 0.25) is 0 Å². The van der Waals surface area contributed by atoms with Gasteiger partial charge >= 0.3 is 5.97 Å². The van der Waals surface area contributed by atoms with Gasteiger partial charge in [-0.3, -0.25) is 0 Å². The van der Waals surface area contributed by atoms with Crippen LogP contribution < -0.4 is 0 Å². The topological polar surface area (TPSA) is 44.8 Å². The van der Waals surface area contributed by atoms with Crippen molar-refractivity contribution in [1.82, 2.24) is 0 Å². The van der Waals surface area contributed by atoms with Crippen LogP contribution in [0.15, 0.2) is 12.2 Å². The molecule has 0 radical (unpaired) electrons. The molecule has 1 aliphatic heterocycles. The number of esters is 1. The summed E-state index contributed by atoms with van der Waals surface area (Å²) in [5.74, 6) is -0.414. The Hall–Kier alpha value is -0.870. The molecule has 2 fully saturated rings. The van der Waals surface area contributed by atoms with Gasteiger partial charge in [-0.15, -0.1) is 0 Å². The summed E-state index contributed by atoms with van der Waals surface area (Å²) in [5, 5.41) is 0.